The van der Waals surface area contributed by atoms with Gasteiger partial charge in [0.25, 0.3) is 11.5 Å². The summed E-state index contributed by atoms with van der Waals surface area (Å²) in [4.78, 5) is 28.8. The molecule has 0 spiro atoms. The molecular formula is C26H26FN5O4. The van der Waals surface area contributed by atoms with Gasteiger partial charge in [0.05, 0.1) is 44.6 Å². The Morgan fingerprint density at radius 3 is 2.44 bits per heavy atom. The van der Waals surface area contributed by atoms with Crippen LogP contribution in [0.25, 0.3) is 0 Å². The summed E-state index contributed by atoms with van der Waals surface area (Å²) in [5, 5.41) is 7.18. The molecule has 10 heteroatoms. The van der Waals surface area contributed by atoms with E-state index in [9.17, 15) is 14.0 Å². The van der Waals surface area contributed by atoms with Crippen LogP contribution >= 0.6 is 0 Å². The molecule has 1 N–H and O–H groups in total. The predicted octanol–water partition coefficient (Wildman–Crippen LogP) is 2.76. The molecule has 1 amide bonds. The number of amides is 1. The van der Waals surface area contributed by atoms with Crippen LogP contribution in [-0.4, -0.2) is 39.5 Å². The number of pyridine rings is 2. The van der Waals surface area contributed by atoms with Gasteiger partial charge in [-0.3, -0.25) is 14.3 Å². The van der Waals surface area contributed by atoms with Crippen molar-refractivity contribution in [2.45, 2.75) is 26.2 Å². The molecule has 36 heavy (non-hydrogen) atoms. The van der Waals surface area contributed by atoms with E-state index in [1.165, 1.54) is 32.4 Å². The van der Waals surface area contributed by atoms with Gasteiger partial charge in [0.2, 0.25) is 5.88 Å². The lowest BCUT2D eigenvalue weighted by Gasteiger charge is -2.07. The molecule has 0 saturated heterocycles. The highest BCUT2D eigenvalue weighted by Gasteiger charge is 2.17. The summed E-state index contributed by atoms with van der Waals surface area (Å²) < 4.78 is 27.6. The first kappa shape index (κ1) is 24.8. The molecular weight excluding hydrogens is 465 g/mol. The van der Waals surface area contributed by atoms with Crippen LogP contribution in [0.4, 0.5) is 4.39 Å². The molecule has 1 aromatic carbocycles. The molecule has 4 rings (SSSR count). The maximum absolute atomic E-state index is 14.1. The topological polar surface area (TPSA) is 100 Å². The van der Waals surface area contributed by atoms with E-state index < -0.39 is 11.7 Å². The van der Waals surface area contributed by atoms with Crippen molar-refractivity contribution in [3.63, 3.8) is 0 Å². The molecule has 3 heterocycles. The molecule has 0 aliphatic carbocycles. The number of aromatic nitrogens is 4. The Balaban J connectivity index is 1.44. The number of nitrogens with zero attached hydrogens (tertiary/aromatic N) is 4. The summed E-state index contributed by atoms with van der Waals surface area (Å²) in [6.45, 7) is 0.951. The molecule has 3 aromatic heterocycles. The molecule has 186 valence electrons. The highest BCUT2D eigenvalue weighted by Crippen LogP contribution is 2.14. The normalized spacial score (nSPS) is 10.9. The molecule has 0 aliphatic rings. The van der Waals surface area contributed by atoms with Crippen LogP contribution in [0.1, 0.15) is 32.9 Å². The number of methoxy groups -OCH3 is 2. The monoisotopic (exact) mass is 491 g/mol. The lowest BCUT2D eigenvalue weighted by atomic mass is 10.1. The number of halogens is 1. The second-order valence-corrected chi connectivity index (χ2v) is 8.07. The zero-order valence-electron chi connectivity index (χ0n) is 20.0. The lowest BCUT2D eigenvalue weighted by Crippen LogP contribution is -2.24. The number of nitrogens with one attached hydrogen (secondary N) is 1. The van der Waals surface area contributed by atoms with E-state index in [2.05, 4.69) is 15.4 Å². The summed E-state index contributed by atoms with van der Waals surface area (Å²) in [6.07, 6.45) is 3.39. The SMILES string of the molecule is COCc1nn(Cc2ccc(Cn3ccccc3=O)cc2)cc1C(=O)NCc1nc(OC)ccc1F. The van der Waals surface area contributed by atoms with E-state index in [1.807, 2.05) is 30.3 Å². The van der Waals surface area contributed by atoms with Gasteiger partial charge in [0, 0.05) is 31.6 Å². The van der Waals surface area contributed by atoms with Crippen molar-refractivity contribution in [1.82, 2.24) is 24.6 Å². The van der Waals surface area contributed by atoms with Crippen LogP contribution in [-0.2, 0) is 31.0 Å². The zero-order valence-corrected chi connectivity index (χ0v) is 20.0. The summed E-state index contributed by atoms with van der Waals surface area (Å²) in [6, 6.07) is 15.5. The lowest BCUT2D eigenvalue weighted by molar-refractivity contribution is 0.0945. The van der Waals surface area contributed by atoms with Crippen LogP contribution in [0.5, 0.6) is 5.88 Å². The summed E-state index contributed by atoms with van der Waals surface area (Å²) >= 11 is 0. The number of benzene rings is 1. The number of ether oxygens (including phenoxy) is 2. The predicted molar refractivity (Wildman–Crippen MR) is 130 cm³/mol. The number of carbonyl (C=O) groups is 1. The first-order chi connectivity index (χ1) is 17.5. The fourth-order valence-corrected chi connectivity index (χ4v) is 3.66. The minimum Gasteiger partial charge on any atom is -0.481 e. The van der Waals surface area contributed by atoms with Gasteiger partial charge in [0.15, 0.2) is 0 Å². The van der Waals surface area contributed by atoms with Crippen LogP contribution < -0.4 is 15.6 Å². The average molecular weight is 492 g/mol. The molecule has 0 saturated carbocycles. The van der Waals surface area contributed by atoms with Gasteiger partial charge < -0.3 is 19.4 Å². The van der Waals surface area contributed by atoms with E-state index in [0.29, 0.717) is 24.3 Å². The van der Waals surface area contributed by atoms with Crippen LogP contribution in [0.2, 0.25) is 0 Å². The standard InChI is InChI=1S/C26H26FN5O4/c1-35-17-23-20(26(34)28-13-22-21(27)10-11-24(29-22)36-2)16-32(30-23)15-19-8-6-18(7-9-19)14-31-12-4-3-5-25(31)33/h3-12,16H,13-15,17H2,1-2H3,(H,28,34). The Bertz CT molecular complexity index is 1400. The van der Waals surface area contributed by atoms with Crippen molar-refractivity contribution in [2.24, 2.45) is 0 Å². The van der Waals surface area contributed by atoms with E-state index in [0.717, 1.165) is 11.1 Å². The average Bonchev–Trinajstić information content (AvgIpc) is 3.28. The van der Waals surface area contributed by atoms with Crippen LogP contribution in [0.3, 0.4) is 0 Å². The van der Waals surface area contributed by atoms with Gasteiger partial charge in [-0.25, -0.2) is 9.37 Å². The molecule has 0 aliphatic heterocycles. The highest BCUT2D eigenvalue weighted by molar-refractivity contribution is 5.95. The van der Waals surface area contributed by atoms with Gasteiger partial charge in [-0.05, 0) is 23.3 Å². The van der Waals surface area contributed by atoms with Crippen molar-refractivity contribution >= 4 is 5.91 Å². The molecule has 0 radical (unpaired) electrons. The van der Waals surface area contributed by atoms with Crippen molar-refractivity contribution in [1.29, 1.82) is 0 Å². The van der Waals surface area contributed by atoms with Crippen molar-refractivity contribution in [3.8, 4) is 5.88 Å². The number of carbonyl (C=O) groups excluding carboxylic acids is 1. The third kappa shape index (κ3) is 6.02. The molecule has 4 aromatic rings. The molecule has 0 bridgehead atoms. The van der Waals surface area contributed by atoms with Gasteiger partial charge in [0.1, 0.15) is 11.5 Å². The van der Waals surface area contributed by atoms with Gasteiger partial charge in [-0.1, -0.05) is 30.3 Å². The first-order valence-electron chi connectivity index (χ1n) is 11.2. The molecule has 0 unspecified atom stereocenters. The van der Waals surface area contributed by atoms with E-state index in [4.69, 9.17) is 9.47 Å². The molecule has 0 atom stereocenters. The Hall–Kier alpha value is -4.31. The Morgan fingerprint density at radius 1 is 1.00 bits per heavy atom. The second-order valence-electron chi connectivity index (χ2n) is 8.07. The van der Waals surface area contributed by atoms with Gasteiger partial charge in [-0.15, -0.1) is 0 Å². The summed E-state index contributed by atoms with van der Waals surface area (Å²) in [5.41, 5.74) is 2.78. The first-order valence-corrected chi connectivity index (χ1v) is 11.2. The zero-order chi connectivity index (χ0) is 25.5. The number of hydrogen-bond donors (Lipinski definition) is 1. The third-order valence-electron chi connectivity index (χ3n) is 5.50. The third-order valence-corrected chi connectivity index (χ3v) is 5.50. The summed E-state index contributed by atoms with van der Waals surface area (Å²) in [7, 11) is 2.96. The van der Waals surface area contributed by atoms with E-state index >= 15 is 0 Å². The highest BCUT2D eigenvalue weighted by atomic mass is 19.1. The molecule has 9 nitrogen and oxygen atoms in total. The quantitative estimate of drug-likeness (QED) is 0.366. The van der Waals surface area contributed by atoms with Crippen molar-refractivity contribution in [3.05, 3.63) is 111 Å². The second kappa shape index (κ2) is 11.4. The van der Waals surface area contributed by atoms with E-state index in [1.54, 1.807) is 27.7 Å². The molecule has 0 fully saturated rings. The van der Waals surface area contributed by atoms with Gasteiger partial charge >= 0.3 is 0 Å². The largest absolute Gasteiger partial charge is 0.481 e. The van der Waals surface area contributed by atoms with Gasteiger partial charge in [-0.2, -0.15) is 5.10 Å². The maximum atomic E-state index is 14.1. The maximum Gasteiger partial charge on any atom is 0.255 e. The Kier molecular flexibility index (Phi) is 7.86. The fourth-order valence-electron chi connectivity index (χ4n) is 3.66. The Morgan fingerprint density at radius 2 is 1.75 bits per heavy atom. The Labute approximate surface area is 207 Å². The van der Waals surface area contributed by atoms with E-state index in [-0.39, 0.29) is 30.3 Å². The van der Waals surface area contributed by atoms with Crippen LogP contribution in [0.15, 0.2) is 71.8 Å². The smallest absolute Gasteiger partial charge is 0.255 e. The fraction of sp³-hybridized carbons (Fsp3) is 0.231. The van der Waals surface area contributed by atoms with Crippen molar-refractivity contribution < 1.29 is 18.7 Å². The summed E-state index contributed by atoms with van der Waals surface area (Å²) in [5.74, 6) is -0.694. The minimum absolute atomic E-state index is 0.0560. The van der Waals surface area contributed by atoms with Crippen LogP contribution in [0, 0.1) is 5.82 Å². The van der Waals surface area contributed by atoms with Crippen molar-refractivity contribution in [2.75, 3.05) is 14.2 Å². The number of rotatable bonds is 10. The minimum atomic E-state index is -0.538. The number of hydrogen-bond acceptors (Lipinski definition) is 6.